The standard InChI is InChI=1S/C10H10Cl3NO2/c1-2-16-10(15)5-14-9-4-7(12)6(11)3-8(9)13/h3-4,14H,2,5H2,1H3. The average Bonchev–Trinajstić information content (AvgIpc) is 2.22. The first kappa shape index (κ1) is 13.4. The molecule has 0 radical (unpaired) electrons. The molecule has 0 bridgehead atoms. The number of esters is 1. The number of hydrogen-bond acceptors (Lipinski definition) is 3. The number of nitrogens with one attached hydrogen (secondary N) is 1. The van der Waals surface area contributed by atoms with Crippen molar-refractivity contribution in [2.45, 2.75) is 6.92 Å². The molecule has 1 N–H and O–H groups in total. The van der Waals surface area contributed by atoms with Crippen LogP contribution in [-0.4, -0.2) is 19.1 Å². The Balaban J connectivity index is 2.67. The zero-order valence-corrected chi connectivity index (χ0v) is 10.8. The fraction of sp³-hybridized carbons (Fsp3) is 0.300. The molecule has 0 unspecified atom stereocenters. The summed E-state index contributed by atoms with van der Waals surface area (Å²) in [5, 5.41) is 3.96. The van der Waals surface area contributed by atoms with Crippen molar-refractivity contribution in [1.29, 1.82) is 0 Å². The smallest absolute Gasteiger partial charge is 0.325 e. The molecular formula is C10H10Cl3NO2. The van der Waals surface area contributed by atoms with Crippen LogP contribution in [0.1, 0.15) is 6.92 Å². The Bertz CT molecular complexity index is 396. The summed E-state index contributed by atoms with van der Waals surface area (Å²) in [7, 11) is 0. The van der Waals surface area contributed by atoms with Gasteiger partial charge in [-0.15, -0.1) is 0 Å². The molecule has 1 rings (SSSR count). The van der Waals surface area contributed by atoms with Crippen LogP contribution in [0.15, 0.2) is 12.1 Å². The number of anilines is 1. The third-order valence-electron chi connectivity index (χ3n) is 1.74. The van der Waals surface area contributed by atoms with Crippen LogP contribution in [0.2, 0.25) is 15.1 Å². The molecule has 0 spiro atoms. The van der Waals surface area contributed by atoms with Crippen molar-refractivity contribution in [2.75, 3.05) is 18.5 Å². The normalized spacial score (nSPS) is 10.0. The fourth-order valence-corrected chi connectivity index (χ4v) is 1.65. The van der Waals surface area contributed by atoms with Crippen molar-refractivity contribution in [1.82, 2.24) is 0 Å². The van der Waals surface area contributed by atoms with Crippen LogP contribution in [0, 0.1) is 0 Å². The molecule has 0 amide bonds. The first-order valence-corrected chi connectivity index (χ1v) is 5.72. The highest BCUT2D eigenvalue weighted by molar-refractivity contribution is 6.44. The van der Waals surface area contributed by atoms with E-state index in [2.05, 4.69) is 5.32 Å². The second kappa shape index (κ2) is 6.18. The van der Waals surface area contributed by atoms with E-state index in [1.54, 1.807) is 13.0 Å². The number of benzene rings is 1. The van der Waals surface area contributed by atoms with Gasteiger partial charge in [0.25, 0.3) is 0 Å². The molecule has 0 aliphatic rings. The molecule has 0 heterocycles. The summed E-state index contributed by atoms with van der Waals surface area (Å²) in [6, 6.07) is 3.07. The lowest BCUT2D eigenvalue weighted by atomic mass is 10.3. The number of ether oxygens (including phenoxy) is 1. The molecule has 0 aliphatic heterocycles. The van der Waals surface area contributed by atoms with E-state index in [9.17, 15) is 4.79 Å². The topological polar surface area (TPSA) is 38.3 Å². The molecule has 3 nitrogen and oxygen atoms in total. The Morgan fingerprint density at radius 1 is 1.25 bits per heavy atom. The second-order valence-corrected chi connectivity index (χ2v) is 4.13. The predicted molar refractivity (Wildman–Crippen MR) is 66.6 cm³/mol. The minimum atomic E-state index is -0.357. The van der Waals surface area contributed by atoms with Gasteiger partial charge in [-0.05, 0) is 19.1 Å². The van der Waals surface area contributed by atoms with Gasteiger partial charge in [-0.2, -0.15) is 0 Å². The zero-order chi connectivity index (χ0) is 12.1. The Kier molecular flexibility index (Phi) is 5.19. The molecule has 0 saturated carbocycles. The van der Waals surface area contributed by atoms with Crippen molar-refractivity contribution in [3.8, 4) is 0 Å². The third-order valence-corrected chi connectivity index (χ3v) is 2.77. The van der Waals surface area contributed by atoms with E-state index in [1.807, 2.05) is 0 Å². The highest BCUT2D eigenvalue weighted by Gasteiger charge is 2.07. The van der Waals surface area contributed by atoms with E-state index in [-0.39, 0.29) is 12.5 Å². The van der Waals surface area contributed by atoms with Crippen LogP contribution in [0.3, 0.4) is 0 Å². The highest BCUT2D eigenvalue weighted by Crippen LogP contribution is 2.31. The van der Waals surface area contributed by atoms with Crippen LogP contribution in [-0.2, 0) is 9.53 Å². The van der Waals surface area contributed by atoms with Gasteiger partial charge >= 0.3 is 5.97 Å². The fourth-order valence-electron chi connectivity index (χ4n) is 1.04. The summed E-state index contributed by atoms with van der Waals surface area (Å²) in [4.78, 5) is 11.1. The van der Waals surface area contributed by atoms with E-state index in [4.69, 9.17) is 39.5 Å². The van der Waals surface area contributed by atoms with Crippen molar-refractivity contribution in [2.24, 2.45) is 0 Å². The van der Waals surface area contributed by atoms with Crippen LogP contribution < -0.4 is 5.32 Å². The van der Waals surface area contributed by atoms with E-state index in [0.717, 1.165) is 0 Å². The van der Waals surface area contributed by atoms with Crippen LogP contribution >= 0.6 is 34.8 Å². The summed E-state index contributed by atoms with van der Waals surface area (Å²) in [5.74, 6) is -0.357. The maximum absolute atomic E-state index is 11.1. The van der Waals surface area contributed by atoms with Crippen LogP contribution in [0.5, 0.6) is 0 Å². The van der Waals surface area contributed by atoms with Crippen molar-refractivity contribution >= 4 is 46.5 Å². The summed E-state index contributed by atoms with van der Waals surface area (Å²) < 4.78 is 4.75. The van der Waals surface area contributed by atoms with Gasteiger partial charge in [-0.3, -0.25) is 4.79 Å². The molecule has 0 aromatic heterocycles. The molecule has 1 aromatic rings. The summed E-state index contributed by atoms with van der Waals surface area (Å²) >= 11 is 17.5. The van der Waals surface area contributed by atoms with Gasteiger partial charge < -0.3 is 10.1 Å². The summed E-state index contributed by atoms with van der Waals surface area (Å²) in [6.45, 7) is 2.12. The molecule has 0 saturated heterocycles. The maximum atomic E-state index is 11.1. The molecular weight excluding hydrogens is 272 g/mol. The van der Waals surface area contributed by atoms with Crippen molar-refractivity contribution in [3.05, 3.63) is 27.2 Å². The average molecular weight is 283 g/mol. The minimum Gasteiger partial charge on any atom is -0.465 e. The van der Waals surface area contributed by atoms with Gasteiger partial charge in [0.15, 0.2) is 0 Å². The number of carbonyl (C=O) groups is 1. The molecule has 16 heavy (non-hydrogen) atoms. The van der Waals surface area contributed by atoms with E-state index < -0.39 is 0 Å². The van der Waals surface area contributed by atoms with Gasteiger partial charge in [0.1, 0.15) is 6.54 Å². The van der Waals surface area contributed by atoms with Crippen molar-refractivity contribution < 1.29 is 9.53 Å². The van der Waals surface area contributed by atoms with E-state index in [1.165, 1.54) is 6.07 Å². The van der Waals surface area contributed by atoms with Crippen LogP contribution in [0.4, 0.5) is 5.69 Å². The van der Waals surface area contributed by atoms with Crippen molar-refractivity contribution in [3.63, 3.8) is 0 Å². The third kappa shape index (κ3) is 3.74. The monoisotopic (exact) mass is 281 g/mol. The van der Waals surface area contributed by atoms with Gasteiger partial charge in [-0.1, -0.05) is 34.8 Å². The molecule has 1 aromatic carbocycles. The molecule has 6 heteroatoms. The first-order valence-electron chi connectivity index (χ1n) is 4.58. The van der Waals surface area contributed by atoms with Gasteiger partial charge in [0, 0.05) is 0 Å². The zero-order valence-electron chi connectivity index (χ0n) is 8.52. The summed E-state index contributed by atoms with van der Waals surface area (Å²) in [5.41, 5.74) is 0.545. The number of carbonyl (C=O) groups excluding carboxylic acids is 1. The van der Waals surface area contributed by atoms with Gasteiger partial charge in [0.2, 0.25) is 0 Å². The molecule has 0 aliphatic carbocycles. The number of halogens is 3. The quantitative estimate of drug-likeness (QED) is 0.677. The molecule has 0 atom stereocenters. The lowest BCUT2D eigenvalue weighted by Gasteiger charge is -2.09. The Hall–Kier alpha value is -0.640. The van der Waals surface area contributed by atoms with Gasteiger partial charge in [-0.25, -0.2) is 0 Å². The highest BCUT2D eigenvalue weighted by atomic mass is 35.5. The Labute approximate surface area is 109 Å². The Morgan fingerprint density at radius 3 is 2.50 bits per heavy atom. The van der Waals surface area contributed by atoms with Crippen LogP contribution in [0.25, 0.3) is 0 Å². The largest absolute Gasteiger partial charge is 0.465 e. The first-order chi connectivity index (χ1) is 7.54. The number of hydrogen-bond donors (Lipinski definition) is 1. The summed E-state index contributed by atoms with van der Waals surface area (Å²) in [6.07, 6.45) is 0. The minimum absolute atomic E-state index is 0.0333. The second-order valence-electron chi connectivity index (χ2n) is 2.90. The lowest BCUT2D eigenvalue weighted by Crippen LogP contribution is -2.16. The van der Waals surface area contributed by atoms with E-state index >= 15 is 0 Å². The van der Waals surface area contributed by atoms with E-state index in [0.29, 0.717) is 27.4 Å². The Morgan fingerprint density at radius 2 is 1.88 bits per heavy atom. The lowest BCUT2D eigenvalue weighted by molar-refractivity contribution is -0.140. The molecule has 88 valence electrons. The predicted octanol–water partition coefficient (Wildman–Crippen LogP) is 3.62. The van der Waals surface area contributed by atoms with Gasteiger partial charge in [0.05, 0.1) is 27.4 Å². The molecule has 0 fully saturated rings. The number of rotatable bonds is 4. The SMILES string of the molecule is CCOC(=O)CNc1cc(Cl)c(Cl)cc1Cl. The maximum Gasteiger partial charge on any atom is 0.325 e.